The summed E-state index contributed by atoms with van der Waals surface area (Å²) in [6.45, 7) is 0. The van der Waals surface area contributed by atoms with Gasteiger partial charge in [0.2, 0.25) is 0 Å². The van der Waals surface area contributed by atoms with E-state index in [-0.39, 0.29) is 11.5 Å². The van der Waals surface area contributed by atoms with Gasteiger partial charge in [0.15, 0.2) is 34.8 Å². The van der Waals surface area contributed by atoms with Gasteiger partial charge in [-0.2, -0.15) is 0 Å². The number of nitrogens with zero attached hydrogens (tertiary/aromatic N) is 3. The van der Waals surface area contributed by atoms with Gasteiger partial charge in [0, 0.05) is 34.8 Å². The fraction of sp³-hybridized carbons (Fsp3) is 0.0769. The number of nitrogens with one attached hydrogen (secondary N) is 1. The molecule has 0 aliphatic rings. The first-order chi connectivity index (χ1) is 18.6. The molecule has 5 N–H and O–H groups in total. The normalized spacial score (nSPS) is 11.1. The van der Waals surface area contributed by atoms with E-state index in [1.165, 1.54) is 32.7 Å². The van der Waals surface area contributed by atoms with Crippen LogP contribution in [0, 0.1) is 23.3 Å². The predicted molar refractivity (Wildman–Crippen MR) is 136 cm³/mol. The van der Waals surface area contributed by atoms with Crippen molar-refractivity contribution >= 4 is 44.8 Å². The van der Waals surface area contributed by atoms with Crippen molar-refractivity contribution in [2.24, 2.45) is 5.73 Å². The average molecular weight is 538 g/mol. The minimum Gasteiger partial charge on any atom is -0.493 e. The number of hydrogen-bond donors (Lipinski definition) is 3. The van der Waals surface area contributed by atoms with Crippen LogP contribution in [0.1, 0.15) is 10.4 Å². The van der Waals surface area contributed by atoms with Crippen LogP contribution in [-0.4, -0.2) is 35.1 Å². The van der Waals surface area contributed by atoms with E-state index >= 15 is 0 Å². The van der Waals surface area contributed by atoms with E-state index in [1.54, 1.807) is 24.4 Å². The summed E-state index contributed by atoms with van der Waals surface area (Å²) in [5.41, 5.74) is 9.62. The number of carbonyl (C=O) groups excluding carboxylic acids is 1. The summed E-state index contributed by atoms with van der Waals surface area (Å²) in [7, 11) is 3.00. The molecule has 0 radical (unpaired) electrons. The molecule has 9 nitrogen and oxygen atoms in total. The van der Waals surface area contributed by atoms with Crippen LogP contribution in [0.2, 0.25) is 0 Å². The molecule has 198 valence electrons. The topological polar surface area (TPSA) is 138 Å². The van der Waals surface area contributed by atoms with Gasteiger partial charge in [-0.25, -0.2) is 22.5 Å². The van der Waals surface area contributed by atoms with Crippen LogP contribution in [-0.2, 0) is 0 Å². The molecule has 0 aliphatic heterocycles. The van der Waals surface area contributed by atoms with Gasteiger partial charge >= 0.3 is 0 Å². The lowest BCUT2D eigenvalue weighted by Crippen LogP contribution is -2.19. The summed E-state index contributed by atoms with van der Waals surface area (Å²) in [5.74, 6) is -8.07. The van der Waals surface area contributed by atoms with Crippen molar-refractivity contribution in [3.8, 4) is 22.8 Å². The van der Waals surface area contributed by atoms with Crippen molar-refractivity contribution in [1.29, 1.82) is 0 Å². The summed E-state index contributed by atoms with van der Waals surface area (Å²) < 4.78 is 68.3. The summed E-state index contributed by atoms with van der Waals surface area (Å²) in [4.78, 5) is 24.1. The first-order valence-electron chi connectivity index (χ1n) is 11.1. The maximum absolute atomic E-state index is 14.5. The van der Waals surface area contributed by atoms with Crippen LogP contribution >= 0.6 is 0 Å². The molecule has 0 fully saturated rings. The van der Waals surface area contributed by atoms with Crippen molar-refractivity contribution < 1.29 is 31.8 Å². The number of pyridine rings is 3. The molecule has 0 spiro atoms. The number of nitrogen functional groups attached to an aromatic ring is 1. The highest BCUT2D eigenvalue weighted by molar-refractivity contribution is 6.10. The van der Waals surface area contributed by atoms with Gasteiger partial charge in [-0.1, -0.05) is 0 Å². The Morgan fingerprint density at radius 2 is 1.51 bits per heavy atom. The number of amides is 1. The van der Waals surface area contributed by atoms with Gasteiger partial charge in [-0.15, -0.1) is 0 Å². The standard InChI is InChI=1S/C26H18F4N6O3/c1-38-17-5-13-12-4-15(36-25(31)14(12)9-34-16(13)6-18(17)39-2)10-3-11(8-33-7-10)35-24-22(29)20(27)19(26(32)37)21(28)23(24)30/h3-9,35H,1-2H3,(H2,31,36)(H2,32,37). The third-order valence-corrected chi connectivity index (χ3v) is 6.03. The molecule has 13 heteroatoms. The number of ether oxygens (including phenoxy) is 2. The Morgan fingerprint density at radius 1 is 0.846 bits per heavy atom. The Morgan fingerprint density at radius 3 is 2.15 bits per heavy atom. The molecule has 0 saturated heterocycles. The van der Waals surface area contributed by atoms with E-state index in [1.807, 2.05) is 0 Å². The zero-order valence-electron chi connectivity index (χ0n) is 20.3. The minimum absolute atomic E-state index is 0.0395. The number of primary amides is 1. The lowest BCUT2D eigenvalue weighted by atomic mass is 10.0. The molecular weight excluding hydrogens is 520 g/mol. The van der Waals surface area contributed by atoms with E-state index in [9.17, 15) is 22.4 Å². The zero-order valence-corrected chi connectivity index (χ0v) is 20.3. The highest BCUT2D eigenvalue weighted by Crippen LogP contribution is 2.37. The van der Waals surface area contributed by atoms with Crippen LogP contribution in [0.25, 0.3) is 32.9 Å². The molecule has 5 rings (SSSR count). The monoisotopic (exact) mass is 538 g/mol. The molecule has 0 saturated carbocycles. The van der Waals surface area contributed by atoms with Gasteiger partial charge in [0.05, 0.1) is 37.3 Å². The average Bonchev–Trinajstić information content (AvgIpc) is 2.93. The second-order valence-electron chi connectivity index (χ2n) is 8.29. The Balaban J connectivity index is 1.62. The molecule has 0 unspecified atom stereocenters. The van der Waals surface area contributed by atoms with Crippen molar-refractivity contribution in [3.05, 3.63) is 71.7 Å². The number of benzene rings is 2. The summed E-state index contributed by atoms with van der Waals surface area (Å²) in [5, 5.41) is 4.18. The third-order valence-electron chi connectivity index (χ3n) is 6.03. The molecule has 2 aromatic carbocycles. The van der Waals surface area contributed by atoms with E-state index < -0.39 is 40.4 Å². The summed E-state index contributed by atoms with van der Waals surface area (Å²) in [6.07, 6.45) is 4.15. The third kappa shape index (κ3) is 4.23. The van der Waals surface area contributed by atoms with Crippen LogP contribution in [0.5, 0.6) is 11.5 Å². The van der Waals surface area contributed by atoms with Gasteiger partial charge in [0.1, 0.15) is 17.1 Å². The number of halogens is 4. The quantitative estimate of drug-likeness (QED) is 0.159. The van der Waals surface area contributed by atoms with Crippen molar-refractivity contribution in [2.45, 2.75) is 0 Å². The Kier molecular flexibility index (Phi) is 6.26. The first kappa shape index (κ1) is 25.4. The number of rotatable bonds is 6. The number of aromatic nitrogens is 3. The van der Waals surface area contributed by atoms with Crippen molar-refractivity contribution in [2.75, 3.05) is 25.3 Å². The fourth-order valence-electron chi connectivity index (χ4n) is 4.16. The maximum atomic E-state index is 14.5. The number of nitrogens with two attached hydrogens (primary N) is 2. The Hall–Kier alpha value is -5.20. The van der Waals surface area contributed by atoms with Crippen LogP contribution in [0.3, 0.4) is 0 Å². The number of carbonyl (C=O) groups is 1. The Labute approximate surface area is 217 Å². The Bertz CT molecular complexity index is 1790. The first-order valence-corrected chi connectivity index (χ1v) is 11.1. The molecule has 3 heterocycles. The maximum Gasteiger partial charge on any atom is 0.254 e. The van der Waals surface area contributed by atoms with Crippen LogP contribution in [0.4, 0.5) is 34.8 Å². The summed E-state index contributed by atoms with van der Waals surface area (Å²) >= 11 is 0. The molecule has 3 aromatic heterocycles. The molecule has 1 amide bonds. The van der Waals surface area contributed by atoms with Gasteiger partial charge in [-0.3, -0.25) is 14.8 Å². The minimum atomic E-state index is -1.93. The number of hydrogen-bond acceptors (Lipinski definition) is 8. The van der Waals surface area contributed by atoms with Crippen LogP contribution in [0.15, 0.2) is 42.9 Å². The van der Waals surface area contributed by atoms with Crippen molar-refractivity contribution in [3.63, 3.8) is 0 Å². The number of fused-ring (bicyclic) bond motifs is 3. The van der Waals surface area contributed by atoms with Gasteiger partial charge < -0.3 is 26.3 Å². The second-order valence-corrected chi connectivity index (χ2v) is 8.29. The van der Waals surface area contributed by atoms with E-state index in [2.05, 4.69) is 20.3 Å². The molecular formula is C26H18F4N6O3. The highest BCUT2D eigenvalue weighted by atomic mass is 19.2. The lowest BCUT2D eigenvalue weighted by Gasteiger charge is -2.14. The number of anilines is 3. The fourth-order valence-corrected chi connectivity index (χ4v) is 4.16. The van der Waals surface area contributed by atoms with E-state index in [0.717, 1.165) is 0 Å². The second kappa shape index (κ2) is 9.59. The lowest BCUT2D eigenvalue weighted by molar-refractivity contribution is 0.0990. The summed E-state index contributed by atoms with van der Waals surface area (Å²) in [6, 6.07) is 6.56. The van der Waals surface area contributed by atoms with Crippen molar-refractivity contribution in [1.82, 2.24) is 15.0 Å². The molecule has 0 aliphatic carbocycles. The van der Waals surface area contributed by atoms with Gasteiger partial charge in [-0.05, 0) is 23.6 Å². The predicted octanol–water partition coefficient (Wildman–Crippen LogP) is 4.84. The highest BCUT2D eigenvalue weighted by Gasteiger charge is 2.28. The van der Waals surface area contributed by atoms with E-state index in [0.29, 0.717) is 44.4 Å². The zero-order chi connectivity index (χ0) is 28.0. The molecule has 0 atom stereocenters. The van der Waals surface area contributed by atoms with Crippen LogP contribution < -0.4 is 26.3 Å². The number of methoxy groups -OCH3 is 2. The molecule has 0 bridgehead atoms. The molecule has 5 aromatic rings. The smallest absolute Gasteiger partial charge is 0.254 e. The largest absolute Gasteiger partial charge is 0.493 e. The van der Waals surface area contributed by atoms with Gasteiger partial charge in [0.25, 0.3) is 5.91 Å². The van der Waals surface area contributed by atoms with E-state index in [4.69, 9.17) is 20.9 Å². The SMILES string of the molecule is COc1cc2ncc3c(N)nc(-c4cncc(Nc5c(F)c(F)c(C(N)=O)c(F)c5F)c4)cc3c2cc1OC. The molecule has 39 heavy (non-hydrogen) atoms.